The van der Waals surface area contributed by atoms with Crippen molar-refractivity contribution in [1.29, 1.82) is 0 Å². The summed E-state index contributed by atoms with van der Waals surface area (Å²) in [5, 5.41) is 2.89. The quantitative estimate of drug-likeness (QED) is 0.909. The zero-order valence-corrected chi connectivity index (χ0v) is 14.4. The lowest BCUT2D eigenvalue weighted by Gasteiger charge is -2.27. The van der Waals surface area contributed by atoms with E-state index in [0.717, 1.165) is 0 Å². The highest BCUT2D eigenvalue weighted by molar-refractivity contribution is 6.03. The molecule has 0 bridgehead atoms. The lowest BCUT2D eigenvalue weighted by Crippen LogP contribution is -2.41. The topological polar surface area (TPSA) is 63.6 Å². The van der Waals surface area contributed by atoms with Crippen LogP contribution in [0.1, 0.15) is 29.7 Å². The predicted molar refractivity (Wildman–Crippen MR) is 95.6 cm³/mol. The number of morpholine rings is 1. The van der Waals surface area contributed by atoms with Crippen molar-refractivity contribution in [2.75, 3.05) is 31.6 Å². The standard InChI is InChI=1S/C19H23N3O3/c1-15(21-8-4-5-9-21)14-18(23)20-17-7-3-2-6-16(17)19(24)22-10-12-25-13-11-22/h2-9,15H,10-14H2,1H3,(H,20,23)/t15-/m1/s1. The number of para-hydroxylation sites is 1. The first kappa shape index (κ1) is 17.2. The maximum absolute atomic E-state index is 12.7. The Balaban J connectivity index is 1.68. The van der Waals surface area contributed by atoms with Crippen LogP contribution in [-0.2, 0) is 9.53 Å². The maximum Gasteiger partial charge on any atom is 0.256 e. The number of anilines is 1. The Morgan fingerprint density at radius 2 is 1.80 bits per heavy atom. The van der Waals surface area contributed by atoms with Gasteiger partial charge in [0.15, 0.2) is 0 Å². The molecule has 1 aliphatic heterocycles. The maximum atomic E-state index is 12.7. The van der Waals surface area contributed by atoms with Crippen LogP contribution in [0.25, 0.3) is 0 Å². The molecule has 6 heteroatoms. The molecular weight excluding hydrogens is 318 g/mol. The van der Waals surface area contributed by atoms with E-state index in [9.17, 15) is 9.59 Å². The van der Waals surface area contributed by atoms with Gasteiger partial charge >= 0.3 is 0 Å². The molecule has 132 valence electrons. The first-order chi connectivity index (χ1) is 12.1. The summed E-state index contributed by atoms with van der Waals surface area (Å²) >= 11 is 0. The summed E-state index contributed by atoms with van der Waals surface area (Å²) in [6, 6.07) is 11.1. The van der Waals surface area contributed by atoms with Crippen molar-refractivity contribution in [3.05, 3.63) is 54.4 Å². The number of nitrogens with one attached hydrogen (secondary N) is 1. The number of aromatic nitrogens is 1. The van der Waals surface area contributed by atoms with Gasteiger partial charge in [-0.15, -0.1) is 0 Å². The van der Waals surface area contributed by atoms with Gasteiger partial charge in [-0.25, -0.2) is 0 Å². The number of carbonyl (C=O) groups excluding carboxylic acids is 2. The SMILES string of the molecule is C[C@H](CC(=O)Nc1ccccc1C(=O)N1CCOCC1)n1cccc1. The van der Waals surface area contributed by atoms with Gasteiger partial charge in [0.25, 0.3) is 5.91 Å². The Bertz CT molecular complexity index is 721. The summed E-state index contributed by atoms with van der Waals surface area (Å²) in [5.41, 5.74) is 1.08. The van der Waals surface area contributed by atoms with E-state index in [1.54, 1.807) is 17.0 Å². The first-order valence-electron chi connectivity index (χ1n) is 8.53. The number of hydrogen-bond acceptors (Lipinski definition) is 3. The highest BCUT2D eigenvalue weighted by atomic mass is 16.5. The molecule has 0 unspecified atom stereocenters. The molecule has 2 amide bonds. The van der Waals surface area contributed by atoms with Crippen molar-refractivity contribution in [3.8, 4) is 0 Å². The van der Waals surface area contributed by atoms with Gasteiger partial charge in [0, 0.05) is 37.9 Å². The Labute approximate surface area is 147 Å². The smallest absolute Gasteiger partial charge is 0.256 e. The van der Waals surface area contributed by atoms with Crippen molar-refractivity contribution in [2.24, 2.45) is 0 Å². The van der Waals surface area contributed by atoms with Crippen molar-refractivity contribution in [2.45, 2.75) is 19.4 Å². The van der Waals surface area contributed by atoms with Gasteiger partial charge in [-0.05, 0) is 31.2 Å². The molecule has 1 saturated heterocycles. The van der Waals surface area contributed by atoms with Crippen molar-refractivity contribution >= 4 is 17.5 Å². The van der Waals surface area contributed by atoms with Crippen LogP contribution in [-0.4, -0.2) is 47.6 Å². The normalized spacial score (nSPS) is 15.6. The van der Waals surface area contributed by atoms with Gasteiger partial charge < -0.3 is 19.5 Å². The third kappa shape index (κ3) is 4.28. The van der Waals surface area contributed by atoms with Gasteiger partial charge in [0.1, 0.15) is 0 Å². The minimum atomic E-state index is -0.108. The number of nitrogens with zero attached hydrogens (tertiary/aromatic N) is 2. The van der Waals surface area contributed by atoms with Crippen LogP contribution in [0.15, 0.2) is 48.8 Å². The summed E-state index contributed by atoms with van der Waals surface area (Å²) in [6.45, 7) is 4.24. The van der Waals surface area contributed by atoms with Crippen LogP contribution < -0.4 is 5.32 Å². The molecule has 0 saturated carbocycles. The van der Waals surface area contributed by atoms with E-state index >= 15 is 0 Å². The van der Waals surface area contributed by atoms with Gasteiger partial charge in [0.05, 0.1) is 24.5 Å². The number of amides is 2. The summed E-state index contributed by atoms with van der Waals surface area (Å²) in [7, 11) is 0. The van der Waals surface area contributed by atoms with Gasteiger partial charge in [0.2, 0.25) is 5.91 Å². The van der Waals surface area contributed by atoms with E-state index in [1.165, 1.54) is 0 Å². The largest absolute Gasteiger partial charge is 0.378 e. The molecule has 6 nitrogen and oxygen atoms in total. The summed E-state index contributed by atoms with van der Waals surface area (Å²) in [4.78, 5) is 26.9. The Kier molecular flexibility index (Phi) is 5.50. The molecular formula is C19H23N3O3. The first-order valence-corrected chi connectivity index (χ1v) is 8.53. The molecule has 1 aliphatic rings. The van der Waals surface area contributed by atoms with E-state index in [4.69, 9.17) is 4.74 Å². The molecule has 1 N–H and O–H groups in total. The number of benzene rings is 1. The molecule has 1 aromatic carbocycles. The molecule has 25 heavy (non-hydrogen) atoms. The van der Waals surface area contributed by atoms with E-state index in [0.29, 0.717) is 44.0 Å². The molecule has 1 aromatic heterocycles. The van der Waals surface area contributed by atoms with Crippen molar-refractivity contribution in [1.82, 2.24) is 9.47 Å². The van der Waals surface area contributed by atoms with Crippen LogP contribution in [0.4, 0.5) is 5.69 Å². The highest BCUT2D eigenvalue weighted by Gasteiger charge is 2.21. The molecule has 0 aliphatic carbocycles. The minimum absolute atomic E-state index is 0.0529. The summed E-state index contributed by atoms with van der Waals surface area (Å²) in [5.74, 6) is -0.180. The summed E-state index contributed by atoms with van der Waals surface area (Å²) in [6.07, 6.45) is 4.22. The number of carbonyl (C=O) groups is 2. The number of ether oxygens (including phenoxy) is 1. The highest BCUT2D eigenvalue weighted by Crippen LogP contribution is 2.20. The molecule has 0 radical (unpaired) electrons. The van der Waals surface area contributed by atoms with Gasteiger partial charge in [-0.1, -0.05) is 12.1 Å². The molecule has 3 rings (SSSR count). The third-order valence-electron chi connectivity index (χ3n) is 4.35. The number of hydrogen-bond donors (Lipinski definition) is 1. The van der Waals surface area contributed by atoms with E-state index < -0.39 is 0 Å². The van der Waals surface area contributed by atoms with Crippen LogP contribution in [0.5, 0.6) is 0 Å². The van der Waals surface area contributed by atoms with Gasteiger partial charge in [-0.2, -0.15) is 0 Å². The van der Waals surface area contributed by atoms with E-state index in [2.05, 4.69) is 5.32 Å². The van der Waals surface area contributed by atoms with E-state index in [-0.39, 0.29) is 17.9 Å². The second kappa shape index (κ2) is 7.98. The summed E-state index contributed by atoms with van der Waals surface area (Å²) < 4.78 is 7.28. The molecule has 2 aromatic rings. The number of rotatable bonds is 5. The van der Waals surface area contributed by atoms with Crippen molar-refractivity contribution in [3.63, 3.8) is 0 Å². The van der Waals surface area contributed by atoms with Crippen LogP contribution in [0, 0.1) is 0 Å². The fourth-order valence-corrected chi connectivity index (χ4v) is 2.93. The monoisotopic (exact) mass is 341 g/mol. The van der Waals surface area contributed by atoms with Gasteiger partial charge in [-0.3, -0.25) is 9.59 Å². The van der Waals surface area contributed by atoms with E-state index in [1.807, 2.05) is 48.1 Å². The molecule has 0 spiro atoms. The molecule has 1 fully saturated rings. The zero-order valence-electron chi connectivity index (χ0n) is 14.4. The second-order valence-electron chi connectivity index (χ2n) is 6.18. The van der Waals surface area contributed by atoms with Crippen LogP contribution in [0.3, 0.4) is 0 Å². The molecule has 1 atom stereocenters. The average Bonchev–Trinajstić information content (AvgIpc) is 3.17. The second-order valence-corrected chi connectivity index (χ2v) is 6.18. The Morgan fingerprint density at radius 3 is 2.52 bits per heavy atom. The lowest BCUT2D eigenvalue weighted by molar-refractivity contribution is -0.116. The third-order valence-corrected chi connectivity index (χ3v) is 4.35. The van der Waals surface area contributed by atoms with Crippen molar-refractivity contribution < 1.29 is 14.3 Å². The van der Waals surface area contributed by atoms with Crippen LogP contribution >= 0.6 is 0 Å². The fraction of sp³-hybridized carbons (Fsp3) is 0.368. The fourth-order valence-electron chi connectivity index (χ4n) is 2.93. The zero-order chi connectivity index (χ0) is 17.6. The minimum Gasteiger partial charge on any atom is -0.378 e. The lowest BCUT2D eigenvalue weighted by atomic mass is 10.1. The Morgan fingerprint density at radius 1 is 1.12 bits per heavy atom. The Hall–Kier alpha value is -2.60. The van der Waals surface area contributed by atoms with Crippen LogP contribution in [0.2, 0.25) is 0 Å². The average molecular weight is 341 g/mol. The molecule has 2 heterocycles. The predicted octanol–water partition coefficient (Wildman–Crippen LogP) is 2.55.